The lowest BCUT2D eigenvalue weighted by Gasteiger charge is -2.20. The van der Waals surface area contributed by atoms with Crippen molar-refractivity contribution in [2.75, 3.05) is 11.9 Å². The van der Waals surface area contributed by atoms with E-state index in [1.165, 1.54) is 0 Å². The number of hydrogen-bond donors (Lipinski definition) is 1. The zero-order valence-corrected chi connectivity index (χ0v) is 13.2. The Kier molecular flexibility index (Phi) is 4.17. The van der Waals surface area contributed by atoms with Gasteiger partial charge >= 0.3 is 0 Å². The fourth-order valence-corrected chi connectivity index (χ4v) is 2.68. The first-order valence-electron chi connectivity index (χ1n) is 7.20. The van der Waals surface area contributed by atoms with Crippen LogP contribution in [0.25, 0.3) is 0 Å². The quantitative estimate of drug-likeness (QED) is 0.921. The maximum Gasteiger partial charge on any atom is 0.211 e. The highest BCUT2D eigenvalue weighted by Gasteiger charge is 2.31. The van der Waals surface area contributed by atoms with Gasteiger partial charge in [-0.15, -0.1) is 0 Å². The van der Waals surface area contributed by atoms with Crippen molar-refractivity contribution < 1.29 is 14.3 Å². The van der Waals surface area contributed by atoms with Gasteiger partial charge in [-0.25, -0.2) is 0 Å². The number of nitrogens with one attached hydrogen (secondary N) is 1. The summed E-state index contributed by atoms with van der Waals surface area (Å²) >= 11 is 6.14. The highest BCUT2D eigenvalue weighted by Crippen LogP contribution is 2.32. The molecule has 2 aromatic carbocycles. The molecule has 1 N–H and O–H groups in total. The molecule has 5 heteroatoms. The first-order valence-corrected chi connectivity index (χ1v) is 7.58. The monoisotopic (exact) mass is 327 g/mol. The molecule has 1 aliphatic carbocycles. The number of ether oxygens (including phenoxy) is 1. The fraction of sp³-hybridized carbons (Fsp3) is 0.111. The predicted molar refractivity (Wildman–Crippen MR) is 89.2 cm³/mol. The Bertz CT molecular complexity index is 827. The Balaban J connectivity index is 2.02. The molecule has 0 atom stereocenters. The molecule has 0 heterocycles. The van der Waals surface area contributed by atoms with Crippen LogP contribution in [0.1, 0.15) is 27.6 Å². The van der Waals surface area contributed by atoms with Gasteiger partial charge in [-0.2, -0.15) is 0 Å². The molecule has 0 unspecified atom stereocenters. The van der Waals surface area contributed by atoms with Crippen LogP contribution in [0, 0.1) is 0 Å². The minimum absolute atomic E-state index is 0.0718. The molecule has 116 valence electrons. The summed E-state index contributed by atoms with van der Waals surface area (Å²) in [5.74, 6) is -0.0826. The SMILES string of the molecule is CCOc1ccccc1NC1=C(Cl)C(=O)c2ccccc2C1=O. The number of anilines is 1. The molecule has 0 saturated heterocycles. The zero-order chi connectivity index (χ0) is 16.4. The van der Waals surface area contributed by atoms with Gasteiger partial charge < -0.3 is 10.1 Å². The summed E-state index contributed by atoms with van der Waals surface area (Å²) < 4.78 is 5.52. The minimum atomic E-state index is -0.363. The number of allylic oxidation sites excluding steroid dienone is 2. The van der Waals surface area contributed by atoms with E-state index >= 15 is 0 Å². The van der Waals surface area contributed by atoms with E-state index in [0.29, 0.717) is 29.2 Å². The Labute approximate surface area is 138 Å². The molecule has 0 radical (unpaired) electrons. The normalized spacial score (nSPS) is 13.8. The van der Waals surface area contributed by atoms with Crippen molar-refractivity contribution in [2.24, 2.45) is 0 Å². The molecule has 0 spiro atoms. The molecular formula is C18H14ClNO3. The number of ketones is 2. The lowest BCUT2D eigenvalue weighted by Crippen LogP contribution is -2.24. The number of hydrogen-bond acceptors (Lipinski definition) is 4. The third-order valence-corrected chi connectivity index (χ3v) is 3.87. The average molecular weight is 328 g/mol. The molecule has 2 aromatic rings. The largest absolute Gasteiger partial charge is 0.492 e. The number of fused-ring (bicyclic) bond motifs is 1. The van der Waals surface area contributed by atoms with Crippen LogP contribution in [0.2, 0.25) is 0 Å². The van der Waals surface area contributed by atoms with Crippen LogP contribution in [-0.4, -0.2) is 18.2 Å². The molecule has 0 bridgehead atoms. The van der Waals surface area contributed by atoms with Crippen molar-refractivity contribution in [2.45, 2.75) is 6.92 Å². The van der Waals surface area contributed by atoms with Crippen LogP contribution in [-0.2, 0) is 0 Å². The molecule has 0 aromatic heterocycles. The van der Waals surface area contributed by atoms with Crippen molar-refractivity contribution in [3.05, 3.63) is 70.4 Å². The standard InChI is InChI=1S/C18H14ClNO3/c1-2-23-14-10-6-5-9-13(14)20-16-15(19)17(21)11-7-3-4-8-12(11)18(16)22/h3-10,20H,2H2,1H3. The van der Waals surface area contributed by atoms with Crippen LogP contribution < -0.4 is 10.1 Å². The van der Waals surface area contributed by atoms with Gasteiger partial charge in [0.15, 0.2) is 0 Å². The maximum absolute atomic E-state index is 12.6. The molecule has 1 aliphatic rings. The maximum atomic E-state index is 12.6. The average Bonchev–Trinajstić information content (AvgIpc) is 2.58. The summed E-state index contributed by atoms with van der Waals surface area (Å²) in [4.78, 5) is 25.0. The van der Waals surface area contributed by atoms with E-state index in [2.05, 4.69) is 5.32 Å². The lowest BCUT2D eigenvalue weighted by molar-refractivity contribution is 0.0982. The second kappa shape index (κ2) is 6.26. The lowest BCUT2D eigenvalue weighted by atomic mass is 9.92. The zero-order valence-electron chi connectivity index (χ0n) is 12.4. The van der Waals surface area contributed by atoms with E-state index in [1.807, 2.05) is 19.1 Å². The second-order valence-corrected chi connectivity index (χ2v) is 5.32. The summed E-state index contributed by atoms with van der Waals surface area (Å²) in [5, 5.41) is 2.85. The number of halogens is 1. The third-order valence-electron chi connectivity index (χ3n) is 3.51. The van der Waals surface area contributed by atoms with Crippen molar-refractivity contribution in [1.29, 1.82) is 0 Å². The van der Waals surface area contributed by atoms with Gasteiger partial charge in [-0.1, -0.05) is 48.0 Å². The molecule has 0 saturated carbocycles. The second-order valence-electron chi connectivity index (χ2n) is 4.95. The topological polar surface area (TPSA) is 55.4 Å². The molecule has 23 heavy (non-hydrogen) atoms. The van der Waals surface area contributed by atoms with Gasteiger partial charge in [0.2, 0.25) is 11.6 Å². The summed E-state index contributed by atoms with van der Waals surface area (Å²) in [5.41, 5.74) is 1.33. The molecule has 4 nitrogen and oxygen atoms in total. The molecule has 0 fully saturated rings. The van der Waals surface area contributed by atoms with Gasteiger partial charge in [0, 0.05) is 11.1 Å². The van der Waals surface area contributed by atoms with E-state index in [0.717, 1.165) is 0 Å². The van der Waals surface area contributed by atoms with Crippen LogP contribution in [0.4, 0.5) is 5.69 Å². The first kappa shape index (κ1) is 15.3. The predicted octanol–water partition coefficient (Wildman–Crippen LogP) is 4.03. The molecule has 0 amide bonds. The Morgan fingerprint density at radius 2 is 1.57 bits per heavy atom. The van der Waals surface area contributed by atoms with E-state index in [4.69, 9.17) is 16.3 Å². The van der Waals surface area contributed by atoms with Crippen LogP contribution in [0.3, 0.4) is 0 Å². The van der Waals surface area contributed by atoms with Gasteiger partial charge in [-0.05, 0) is 19.1 Å². The Hall–Kier alpha value is -2.59. The van der Waals surface area contributed by atoms with E-state index in [-0.39, 0.29) is 22.3 Å². The molecule has 3 rings (SSSR count). The van der Waals surface area contributed by atoms with E-state index in [1.54, 1.807) is 36.4 Å². The first-order chi connectivity index (χ1) is 11.1. The van der Waals surface area contributed by atoms with Crippen LogP contribution in [0.15, 0.2) is 59.3 Å². The Morgan fingerprint density at radius 3 is 2.26 bits per heavy atom. The van der Waals surface area contributed by atoms with Crippen LogP contribution >= 0.6 is 11.6 Å². The molecular weight excluding hydrogens is 314 g/mol. The van der Waals surface area contributed by atoms with Crippen molar-refractivity contribution in [3.8, 4) is 5.75 Å². The summed E-state index contributed by atoms with van der Waals surface area (Å²) in [6.45, 7) is 2.36. The van der Waals surface area contributed by atoms with Gasteiger partial charge in [-0.3, -0.25) is 9.59 Å². The number of benzene rings is 2. The summed E-state index contributed by atoms with van der Waals surface area (Å²) in [6, 6.07) is 13.8. The van der Waals surface area contributed by atoms with Crippen LogP contribution in [0.5, 0.6) is 5.75 Å². The van der Waals surface area contributed by atoms with E-state index in [9.17, 15) is 9.59 Å². The third kappa shape index (κ3) is 2.73. The number of carbonyl (C=O) groups excluding carboxylic acids is 2. The van der Waals surface area contributed by atoms with Crippen molar-refractivity contribution >= 4 is 28.9 Å². The van der Waals surface area contributed by atoms with Gasteiger partial charge in [0.1, 0.15) is 16.5 Å². The summed E-state index contributed by atoms with van der Waals surface area (Å²) in [7, 11) is 0. The smallest absolute Gasteiger partial charge is 0.211 e. The van der Waals surface area contributed by atoms with Gasteiger partial charge in [0.25, 0.3) is 0 Å². The van der Waals surface area contributed by atoms with Crippen molar-refractivity contribution in [1.82, 2.24) is 0 Å². The number of para-hydroxylation sites is 2. The minimum Gasteiger partial charge on any atom is -0.492 e. The highest BCUT2D eigenvalue weighted by atomic mass is 35.5. The Morgan fingerprint density at radius 1 is 0.957 bits per heavy atom. The highest BCUT2D eigenvalue weighted by molar-refractivity contribution is 6.50. The summed E-state index contributed by atoms with van der Waals surface area (Å²) in [6.07, 6.45) is 0. The van der Waals surface area contributed by atoms with E-state index < -0.39 is 0 Å². The number of carbonyl (C=O) groups is 2. The number of rotatable bonds is 4. The van der Waals surface area contributed by atoms with Crippen molar-refractivity contribution in [3.63, 3.8) is 0 Å². The molecule has 0 aliphatic heterocycles. The number of Topliss-reactive ketones (excluding diaryl/α,β-unsaturated/α-hetero) is 2. The fourth-order valence-electron chi connectivity index (χ4n) is 2.44. The van der Waals surface area contributed by atoms with Gasteiger partial charge in [0.05, 0.1) is 12.3 Å².